The second kappa shape index (κ2) is 35.1. The quantitative estimate of drug-likeness (QED) is 0.0555. The van der Waals surface area contributed by atoms with Gasteiger partial charge in [0, 0.05) is 0 Å². The first-order chi connectivity index (χ1) is 21.6. The van der Waals surface area contributed by atoms with E-state index in [0.717, 1.165) is 38.5 Å². The summed E-state index contributed by atoms with van der Waals surface area (Å²) in [5.41, 5.74) is -0.465. The van der Waals surface area contributed by atoms with Crippen LogP contribution in [0.2, 0.25) is 0 Å². The molecule has 0 aliphatic heterocycles. The minimum Gasteiger partial charge on any atom is -0.481 e. The van der Waals surface area contributed by atoms with Gasteiger partial charge in [-0.25, -0.2) is 0 Å². The van der Waals surface area contributed by atoms with Crippen LogP contribution in [0.15, 0.2) is 12.2 Å². The zero-order valence-electron chi connectivity index (χ0n) is 30.8. The summed E-state index contributed by atoms with van der Waals surface area (Å²) in [7, 11) is 0. The molecule has 0 aromatic heterocycles. The first kappa shape index (κ1) is 43.2. The molecule has 2 nitrogen and oxygen atoms in total. The molecule has 2 heteroatoms. The fourth-order valence-corrected chi connectivity index (χ4v) is 6.95. The SMILES string of the molecule is CCCCCCCC/C=C/CCCCCCCCCCC(CCCCCCCC)(CCCCCCCCCCCC)C(=O)O. The van der Waals surface area contributed by atoms with Crippen molar-refractivity contribution >= 4 is 5.97 Å². The number of carboxylic acid groups (broad SMARTS) is 1. The second-order valence-corrected chi connectivity index (χ2v) is 14.4. The van der Waals surface area contributed by atoms with Gasteiger partial charge in [-0.3, -0.25) is 4.79 Å². The van der Waals surface area contributed by atoms with Gasteiger partial charge in [-0.2, -0.15) is 0 Å². The molecule has 0 amide bonds. The van der Waals surface area contributed by atoms with Crippen LogP contribution in [0.5, 0.6) is 0 Å². The van der Waals surface area contributed by atoms with Crippen molar-refractivity contribution in [2.75, 3.05) is 0 Å². The monoisotopic (exact) mass is 619 g/mol. The van der Waals surface area contributed by atoms with Crippen molar-refractivity contribution in [1.82, 2.24) is 0 Å². The lowest BCUT2D eigenvalue weighted by atomic mass is 9.74. The Balaban J connectivity index is 4.16. The highest BCUT2D eigenvalue weighted by atomic mass is 16.4. The van der Waals surface area contributed by atoms with Gasteiger partial charge < -0.3 is 5.11 Å². The van der Waals surface area contributed by atoms with Gasteiger partial charge in [-0.05, 0) is 44.9 Å². The van der Waals surface area contributed by atoms with Crippen LogP contribution in [0.25, 0.3) is 0 Å². The van der Waals surface area contributed by atoms with Crippen molar-refractivity contribution in [3.8, 4) is 0 Å². The lowest BCUT2D eigenvalue weighted by molar-refractivity contribution is -0.150. The van der Waals surface area contributed by atoms with Gasteiger partial charge in [0.15, 0.2) is 0 Å². The number of allylic oxidation sites excluding steroid dienone is 2. The van der Waals surface area contributed by atoms with Gasteiger partial charge in [0.1, 0.15) is 0 Å². The molecule has 0 aliphatic rings. The molecule has 1 N–H and O–H groups in total. The maximum atomic E-state index is 12.7. The van der Waals surface area contributed by atoms with E-state index in [9.17, 15) is 9.90 Å². The summed E-state index contributed by atoms with van der Waals surface area (Å²) >= 11 is 0. The molecule has 0 aliphatic carbocycles. The summed E-state index contributed by atoms with van der Waals surface area (Å²) in [6.07, 6.45) is 49.4. The Hall–Kier alpha value is -0.790. The van der Waals surface area contributed by atoms with E-state index in [2.05, 4.69) is 32.9 Å². The fourth-order valence-electron chi connectivity index (χ4n) is 6.95. The summed E-state index contributed by atoms with van der Waals surface area (Å²) in [5.74, 6) is -0.497. The summed E-state index contributed by atoms with van der Waals surface area (Å²) in [6, 6.07) is 0. The number of rotatable bonds is 37. The van der Waals surface area contributed by atoms with Crippen molar-refractivity contribution in [2.24, 2.45) is 5.41 Å². The van der Waals surface area contributed by atoms with Crippen LogP contribution in [-0.4, -0.2) is 11.1 Å². The molecule has 0 heterocycles. The molecular weight excluding hydrogens is 536 g/mol. The third-order valence-corrected chi connectivity index (χ3v) is 10.1. The molecule has 0 aromatic carbocycles. The summed E-state index contributed by atoms with van der Waals surface area (Å²) in [6.45, 7) is 6.83. The average molecular weight is 619 g/mol. The third-order valence-electron chi connectivity index (χ3n) is 10.1. The molecule has 0 saturated heterocycles. The third kappa shape index (κ3) is 28.7. The number of carboxylic acids is 1. The van der Waals surface area contributed by atoms with Crippen LogP contribution in [0.3, 0.4) is 0 Å². The van der Waals surface area contributed by atoms with Crippen molar-refractivity contribution in [1.29, 1.82) is 0 Å². The van der Waals surface area contributed by atoms with Crippen molar-refractivity contribution in [3.05, 3.63) is 12.2 Å². The first-order valence-corrected chi connectivity index (χ1v) is 20.5. The van der Waals surface area contributed by atoms with E-state index < -0.39 is 11.4 Å². The number of hydrogen-bond donors (Lipinski definition) is 1. The van der Waals surface area contributed by atoms with Crippen molar-refractivity contribution < 1.29 is 9.90 Å². The molecule has 0 fully saturated rings. The predicted molar refractivity (Wildman–Crippen MR) is 198 cm³/mol. The van der Waals surface area contributed by atoms with Gasteiger partial charge in [0.2, 0.25) is 0 Å². The topological polar surface area (TPSA) is 37.3 Å². The molecule has 0 radical (unpaired) electrons. The van der Waals surface area contributed by atoms with E-state index in [-0.39, 0.29) is 0 Å². The lowest BCUT2D eigenvalue weighted by Gasteiger charge is -2.30. The van der Waals surface area contributed by atoms with E-state index in [0.29, 0.717) is 0 Å². The smallest absolute Gasteiger partial charge is 0.309 e. The molecule has 0 bridgehead atoms. The maximum absolute atomic E-state index is 12.7. The van der Waals surface area contributed by atoms with Gasteiger partial charge in [0.05, 0.1) is 5.41 Å². The predicted octanol–water partition coefficient (Wildman–Crippen LogP) is 15.3. The van der Waals surface area contributed by atoms with E-state index >= 15 is 0 Å². The highest BCUT2D eigenvalue weighted by Gasteiger charge is 2.36. The Kier molecular flexibility index (Phi) is 34.4. The molecule has 0 saturated carbocycles. The van der Waals surface area contributed by atoms with Crippen LogP contribution in [0, 0.1) is 5.41 Å². The Morgan fingerprint density at radius 1 is 0.386 bits per heavy atom. The molecule has 1 atom stereocenters. The van der Waals surface area contributed by atoms with Gasteiger partial charge in [-0.15, -0.1) is 0 Å². The van der Waals surface area contributed by atoms with Crippen LogP contribution < -0.4 is 0 Å². The average Bonchev–Trinajstić information content (AvgIpc) is 3.02. The Labute approximate surface area is 278 Å². The normalized spacial score (nSPS) is 13.2. The minimum atomic E-state index is -0.497. The number of aliphatic carboxylic acids is 1. The minimum absolute atomic E-state index is 0.465. The Morgan fingerprint density at radius 3 is 0.864 bits per heavy atom. The van der Waals surface area contributed by atoms with Crippen molar-refractivity contribution in [2.45, 2.75) is 245 Å². The lowest BCUT2D eigenvalue weighted by Crippen LogP contribution is -2.31. The largest absolute Gasteiger partial charge is 0.481 e. The Morgan fingerprint density at radius 2 is 0.614 bits per heavy atom. The molecule has 44 heavy (non-hydrogen) atoms. The highest BCUT2D eigenvalue weighted by Crippen LogP contribution is 2.38. The second-order valence-electron chi connectivity index (χ2n) is 14.4. The van der Waals surface area contributed by atoms with Gasteiger partial charge in [-0.1, -0.05) is 213 Å². The number of unbranched alkanes of at least 4 members (excludes halogenated alkanes) is 28. The molecule has 262 valence electrons. The van der Waals surface area contributed by atoms with Gasteiger partial charge >= 0.3 is 5.97 Å². The van der Waals surface area contributed by atoms with Crippen LogP contribution in [0.1, 0.15) is 245 Å². The zero-order chi connectivity index (χ0) is 32.2. The van der Waals surface area contributed by atoms with Crippen LogP contribution in [0.4, 0.5) is 0 Å². The Bertz CT molecular complexity index is 597. The molecular formula is C42H82O2. The maximum Gasteiger partial charge on any atom is 0.309 e. The fraction of sp³-hybridized carbons (Fsp3) is 0.929. The molecule has 0 spiro atoms. The van der Waals surface area contributed by atoms with E-state index in [4.69, 9.17) is 0 Å². The van der Waals surface area contributed by atoms with E-state index in [1.165, 1.54) is 186 Å². The summed E-state index contributed by atoms with van der Waals surface area (Å²) in [4.78, 5) is 12.7. The first-order valence-electron chi connectivity index (χ1n) is 20.5. The van der Waals surface area contributed by atoms with Gasteiger partial charge in [0.25, 0.3) is 0 Å². The van der Waals surface area contributed by atoms with E-state index in [1.54, 1.807) is 0 Å². The highest BCUT2D eigenvalue weighted by molar-refractivity contribution is 5.74. The summed E-state index contributed by atoms with van der Waals surface area (Å²) in [5, 5.41) is 10.4. The summed E-state index contributed by atoms with van der Waals surface area (Å²) < 4.78 is 0. The van der Waals surface area contributed by atoms with Crippen LogP contribution in [-0.2, 0) is 4.79 Å². The number of carbonyl (C=O) groups is 1. The zero-order valence-corrected chi connectivity index (χ0v) is 30.8. The number of hydrogen-bond acceptors (Lipinski definition) is 1. The van der Waals surface area contributed by atoms with Crippen LogP contribution >= 0.6 is 0 Å². The van der Waals surface area contributed by atoms with E-state index in [1.807, 2.05) is 0 Å². The molecule has 0 rings (SSSR count). The standard InChI is InChI=1S/C42H82O2/c1-4-7-10-13-16-18-20-21-22-23-24-25-26-27-29-31-34-37-40-42(41(43)44,38-35-32-15-12-9-6-3)39-36-33-30-28-19-17-14-11-8-5-2/h21-22H,4-20,23-40H2,1-3H3,(H,43,44)/b22-21+. The molecule has 0 aromatic rings. The van der Waals surface area contributed by atoms with Crippen molar-refractivity contribution in [3.63, 3.8) is 0 Å². The molecule has 1 unspecified atom stereocenters.